The number of rotatable bonds is 6. The van der Waals surface area contributed by atoms with Gasteiger partial charge in [-0.15, -0.1) is 5.10 Å². The summed E-state index contributed by atoms with van der Waals surface area (Å²) in [4.78, 5) is 0. The highest BCUT2D eigenvalue weighted by molar-refractivity contribution is 4.97. The third kappa shape index (κ3) is 2.91. The van der Waals surface area contributed by atoms with E-state index >= 15 is 0 Å². The summed E-state index contributed by atoms with van der Waals surface area (Å²) in [6, 6.07) is 1.83. The van der Waals surface area contributed by atoms with Gasteiger partial charge in [-0.05, 0) is 25.3 Å². The molecule has 2 heterocycles. The van der Waals surface area contributed by atoms with E-state index in [9.17, 15) is 0 Å². The molecular formula is C11H15N5O. The predicted molar refractivity (Wildman–Crippen MR) is 60.1 cm³/mol. The molecule has 0 aliphatic heterocycles. The van der Waals surface area contributed by atoms with Gasteiger partial charge in [-0.1, -0.05) is 10.4 Å². The fourth-order valence-corrected chi connectivity index (χ4v) is 1.71. The van der Waals surface area contributed by atoms with Crippen LogP contribution in [0.4, 0.5) is 0 Å². The van der Waals surface area contributed by atoms with Gasteiger partial charge < -0.3 is 9.84 Å². The average Bonchev–Trinajstić information content (AvgIpc) is 2.83. The topological polar surface area (TPSA) is 68.8 Å². The van der Waals surface area contributed by atoms with Gasteiger partial charge in [-0.25, -0.2) is 4.68 Å². The number of aromatic nitrogens is 4. The second-order valence-electron chi connectivity index (χ2n) is 4.46. The maximum absolute atomic E-state index is 5.01. The lowest BCUT2D eigenvalue weighted by molar-refractivity contribution is 0.370. The third-order valence-electron chi connectivity index (χ3n) is 2.83. The summed E-state index contributed by atoms with van der Waals surface area (Å²) >= 11 is 0. The molecular weight excluding hydrogens is 218 g/mol. The third-order valence-corrected chi connectivity index (χ3v) is 2.83. The quantitative estimate of drug-likeness (QED) is 0.799. The molecule has 0 amide bonds. The van der Waals surface area contributed by atoms with E-state index in [2.05, 4.69) is 20.8 Å². The highest BCUT2D eigenvalue weighted by Gasteiger charge is 2.20. The van der Waals surface area contributed by atoms with E-state index in [0.29, 0.717) is 6.54 Å². The number of hydrogen-bond acceptors (Lipinski definition) is 5. The van der Waals surface area contributed by atoms with E-state index in [0.717, 1.165) is 30.5 Å². The van der Waals surface area contributed by atoms with Crippen molar-refractivity contribution in [3.8, 4) is 0 Å². The average molecular weight is 233 g/mol. The Morgan fingerprint density at radius 2 is 2.41 bits per heavy atom. The molecule has 90 valence electrons. The van der Waals surface area contributed by atoms with Crippen LogP contribution in [0.5, 0.6) is 0 Å². The summed E-state index contributed by atoms with van der Waals surface area (Å²) in [5.74, 6) is 1.67. The minimum absolute atomic E-state index is 0.579. The van der Waals surface area contributed by atoms with Gasteiger partial charge in [0.15, 0.2) is 5.76 Å². The van der Waals surface area contributed by atoms with E-state index in [1.807, 2.05) is 12.3 Å². The van der Waals surface area contributed by atoms with Crippen LogP contribution >= 0.6 is 0 Å². The molecule has 2 aromatic rings. The van der Waals surface area contributed by atoms with Gasteiger partial charge in [0.1, 0.15) is 6.54 Å². The molecule has 1 N–H and O–H groups in total. The van der Waals surface area contributed by atoms with Crippen molar-refractivity contribution in [1.29, 1.82) is 0 Å². The zero-order chi connectivity index (χ0) is 11.5. The Bertz CT molecular complexity index is 460. The first-order valence-electron chi connectivity index (χ1n) is 5.89. The SMILES string of the molecule is c1cc(Cn2cc(CNCC3CC3)nn2)on1. The monoisotopic (exact) mass is 233 g/mol. The van der Waals surface area contributed by atoms with Crippen LogP contribution in [0.2, 0.25) is 0 Å². The fraction of sp³-hybridized carbons (Fsp3) is 0.545. The highest BCUT2D eigenvalue weighted by atomic mass is 16.5. The van der Waals surface area contributed by atoms with E-state index in [4.69, 9.17) is 4.52 Å². The van der Waals surface area contributed by atoms with Crippen LogP contribution in [0.25, 0.3) is 0 Å². The Morgan fingerprint density at radius 1 is 1.47 bits per heavy atom. The van der Waals surface area contributed by atoms with E-state index in [-0.39, 0.29) is 0 Å². The molecule has 1 aliphatic rings. The molecule has 1 saturated carbocycles. The van der Waals surface area contributed by atoms with Crippen molar-refractivity contribution in [2.45, 2.75) is 25.9 Å². The predicted octanol–water partition coefficient (Wildman–Crippen LogP) is 0.814. The maximum atomic E-state index is 5.01. The minimum Gasteiger partial charge on any atom is -0.359 e. The summed E-state index contributed by atoms with van der Waals surface area (Å²) in [6.45, 7) is 2.46. The zero-order valence-electron chi connectivity index (χ0n) is 9.54. The largest absolute Gasteiger partial charge is 0.359 e. The second-order valence-corrected chi connectivity index (χ2v) is 4.46. The molecule has 0 spiro atoms. The first kappa shape index (κ1) is 10.5. The van der Waals surface area contributed by atoms with Crippen molar-refractivity contribution in [3.63, 3.8) is 0 Å². The maximum Gasteiger partial charge on any atom is 0.158 e. The van der Waals surface area contributed by atoms with Crippen molar-refractivity contribution in [1.82, 2.24) is 25.5 Å². The summed E-state index contributed by atoms with van der Waals surface area (Å²) in [5.41, 5.74) is 0.963. The van der Waals surface area contributed by atoms with Gasteiger partial charge in [0.25, 0.3) is 0 Å². The van der Waals surface area contributed by atoms with E-state index in [1.54, 1.807) is 10.9 Å². The molecule has 6 nitrogen and oxygen atoms in total. The van der Waals surface area contributed by atoms with Crippen molar-refractivity contribution in [2.75, 3.05) is 6.54 Å². The minimum atomic E-state index is 0.579. The lowest BCUT2D eigenvalue weighted by Gasteiger charge is -1.98. The molecule has 0 radical (unpaired) electrons. The molecule has 0 bridgehead atoms. The van der Waals surface area contributed by atoms with Crippen molar-refractivity contribution in [2.24, 2.45) is 5.92 Å². The van der Waals surface area contributed by atoms with Gasteiger partial charge in [-0.2, -0.15) is 0 Å². The zero-order valence-corrected chi connectivity index (χ0v) is 9.54. The number of hydrogen-bond donors (Lipinski definition) is 1. The lowest BCUT2D eigenvalue weighted by atomic mass is 10.4. The van der Waals surface area contributed by atoms with Gasteiger partial charge in [0, 0.05) is 12.6 Å². The molecule has 17 heavy (non-hydrogen) atoms. The first-order valence-corrected chi connectivity index (χ1v) is 5.89. The van der Waals surface area contributed by atoms with Crippen molar-refractivity contribution >= 4 is 0 Å². The van der Waals surface area contributed by atoms with Crippen LogP contribution in [-0.4, -0.2) is 26.7 Å². The van der Waals surface area contributed by atoms with Crippen LogP contribution in [0.1, 0.15) is 24.3 Å². The van der Waals surface area contributed by atoms with Gasteiger partial charge in [0.05, 0.1) is 18.1 Å². The molecule has 0 atom stereocenters. The normalized spacial score (nSPS) is 15.3. The Hall–Kier alpha value is -1.69. The molecule has 6 heteroatoms. The molecule has 0 unspecified atom stereocenters. The Morgan fingerprint density at radius 3 is 3.18 bits per heavy atom. The fourth-order valence-electron chi connectivity index (χ4n) is 1.71. The summed E-state index contributed by atoms with van der Waals surface area (Å²) < 4.78 is 6.77. The summed E-state index contributed by atoms with van der Waals surface area (Å²) in [5, 5.41) is 15.2. The van der Waals surface area contributed by atoms with Gasteiger partial charge in [-0.3, -0.25) is 0 Å². The Balaban J connectivity index is 1.50. The van der Waals surface area contributed by atoms with Crippen LogP contribution < -0.4 is 5.32 Å². The molecule has 3 rings (SSSR count). The second kappa shape index (κ2) is 4.67. The first-order chi connectivity index (χ1) is 8.40. The lowest BCUT2D eigenvalue weighted by Crippen LogP contribution is -2.16. The molecule has 1 aliphatic carbocycles. The van der Waals surface area contributed by atoms with Crippen LogP contribution in [-0.2, 0) is 13.1 Å². The molecule has 2 aromatic heterocycles. The molecule has 0 saturated heterocycles. The Kier molecular flexibility index (Phi) is 2.87. The smallest absolute Gasteiger partial charge is 0.158 e. The van der Waals surface area contributed by atoms with Crippen molar-refractivity contribution in [3.05, 3.63) is 29.9 Å². The van der Waals surface area contributed by atoms with E-state index < -0.39 is 0 Å². The van der Waals surface area contributed by atoms with Crippen LogP contribution in [0.15, 0.2) is 23.0 Å². The molecule has 0 aromatic carbocycles. The Labute approximate surface area is 99.0 Å². The van der Waals surface area contributed by atoms with Crippen LogP contribution in [0.3, 0.4) is 0 Å². The van der Waals surface area contributed by atoms with E-state index in [1.165, 1.54) is 12.8 Å². The van der Waals surface area contributed by atoms with Crippen LogP contribution in [0, 0.1) is 5.92 Å². The number of nitrogens with zero attached hydrogens (tertiary/aromatic N) is 4. The van der Waals surface area contributed by atoms with Crippen molar-refractivity contribution < 1.29 is 4.52 Å². The summed E-state index contributed by atoms with van der Waals surface area (Å²) in [6.07, 6.45) is 6.29. The molecule has 1 fully saturated rings. The standard InChI is InChI=1S/C11H15N5O/c1-2-9(1)5-12-6-10-7-16(15-14-10)8-11-3-4-13-17-11/h3-4,7,9,12H,1-2,5-6,8H2. The van der Waals surface area contributed by atoms with Gasteiger partial charge >= 0.3 is 0 Å². The highest BCUT2D eigenvalue weighted by Crippen LogP contribution is 2.27. The number of nitrogens with one attached hydrogen (secondary N) is 1. The van der Waals surface area contributed by atoms with Gasteiger partial charge in [0.2, 0.25) is 0 Å². The summed E-state index contributed by atoms with van der Waals surface area (Å²) in [7, 11) is 0.